The number of H-pyrrole nitrogens is 1. The fourth-order valence-corrected chi connectivity index (χ4v) is 5.08. The van der Waals surface area contributed by atoms with Crippen molar-refractivity contribution in [2.24, 2.45) is 0 Å². The second-order valence-corrected chi connectivity index (χ2v) is 8.22. The molecule has 152 valence electrons. The van der Waals surface area contributed by atoms with Crippen LogP contribution in [0.1, 0.15) is 58.4 Å². The lowest BCUT2D eigenvalue weighted by atomic mass is 9.67. The lowest BCUT2D eigenvalue weighted by Crippen LogP contribution is -2.33. The smallest absolute Gasteiger partial charge is 0.195 e. The number of carbonyl (C=O) groups is 1. The van der Waals surface area contributed by atoms with E-state index in [4.69, 9.17) is 9.84 Å². The molecule has 1 aromatic heterocycles. The second-order valence-electron chi connectivity index (χ2n) is 8.22. The van der Waals surface area contributed by atoms with Gasteiger partial charge >= 0.3 is 0 Å². The van der Waals surface area contributed by atoms with E-state index >= 15 is 0 Å². The average molecular weight is 402 g/mol. The van der Waals surface area contributed by atoms with Gasteiger partial charge < -0.3 is 19.9 Å². The monoisotopic (exact) mass is 402 g/mol. The van der Waals surface area contributed by atoms with Crippen molar-refractivity contribution in [2.45, 2.75) is 37.2 Å². The Kier molecular flexibility index (Phi) is 4.39. The van der Waals surface area contributed by atoms with Gasteiger partial charge in [-0.3, -0.25) is 4.79 Å². The third-order valence-electron chi connectivity index (χ3n) is 6.49. The summed E-state index contributed by atoms with van der Waals surface area (Å²) in [5, 5.41) is 28.7. The van der Waals surface area contributed by atoms with Crippen molar-refractivity contribution in [1.82, 2.24) is 4.98 Å². The zero-order valence-corrected chi connectivity index (χ0v) is 16.4. The highest BCUT2D eigenvalue weighted by Gasteiger charge is 2.47. The van der Waals surface area contributed by atoms with Crippen molar-refractivity contribution in [3.8, 4) is 11.8 Å². The van der Waals surface area contributed by atoms with Crippen molar-refractivity contribution in [2.75, 3.05) is 13.2 Å². The number of aromatic nitrogens is 1. The maximum absolute atomic E-state index is 13.5. The molecule has 1 unspecified atom stereocenters. The van der Waals surface area contributed by atoms with E-state index in [1.807, 2.05) is 18.2 Å². The van der Waals surface area contributed by atoms with Crippen molar-refractivity contribution in [1.29, 1.82) is 5.26 Å². The van der Waals surface area contributed by atoms with Crippen LogP contribution in [0.3, 0.4) is 0 Å². The number of ketones is 1. The molecule has 1 atom stereocenters. The molecule has 1 spiro atoms. The Balaban J connectivity index is 1.68. The Hall–Kier alpha value is -3.14. The topological polar surface area (TPSA) is 106 Å². The van der Waals surface area contributed by atoms with Crippen LogP contribution < -0.4 is 4.74 Å². The first kappa shape index (κ1) is 18.9. The summed E-state index contributed by atoms with van der Waals surface area (Å²) in [6, 6.07) is 13.1. The Morgan fingerprint density at radius 1 is 1.20 bits per heavy atom. The number of nitrogens with one attached hydrogen (secondary N) is 1. The van der Waals surface area contributed by atoms with Crippen molar-refractivity contribution >= 4 is 16.7 Å². The van der Waals surface area contributed by atoms with E-state index in [2.05, 4.69) is 11.1 Å². The number of rotatable bonds is 4. The van der Waals surface area contributed by atoms with Crippen LogP contribution in [-0.4, -0.2) is 40.3 Å². The van der Waals surface area contributed by atoms with Crippen LogP contribution in [-0.2, 0) is 5.41 Å². The summed E-state index contributed by atoms with van der Waals surface area (Å²) in [6.45, 7) is -0.374. The van der Waals surface area contributed by atoms with Crippen molar-refractivity contribution in [3.63, 3.8) is 0 Å². The predicted molar refractivity (Wildman–Crippen MR) is 111 cm³/mol. The minimum absolute atomic E-state index is 0.00912. The van der Waals surface area contributed by atoms with Crippen LogP contribution in [0.2, 0.25) is 0 Å². The van der Waals surface area contributed by atoms with E-state index in [1.165, 1.54) is 0 Å². The molecule has 5 rings (SSSR count). The lowest BCUT2D eigenvalue weighted by molar-refractivity contribution is 0.0535. The van der Waals surface area contributed by atoms with Gasteiger partial charge in [-0.15, -0.1) is 0 Å². The molecule has 6 heteroatoms. The molecule has 3 aromatic rings. The zero-order chi connectivity index (χ0) is 20.9. The molecule has 1 heterocycles. The standard InChI is InChI=1S/C24H22N2O4/c25-11-14-3-5-18-20(9-14)26-23-21(18)22(29)17-6-4-16(30-13-15(28)12-27)10-19(17)24(23)7-1-2-8-24/h3-6,9-10,15,26-28H,1-2,7-8,12-13H2. The number of benzene rings is 2. The Morgan fingerprint density at radius 3 is 2.73 bits per heavy atom. The number of hydrogen-bond donors (Lipinski definition) is 3. The van der Waals surface area contributed by atoms with E-state index in [9.17, 15) is 15.2 Å². The van der Waals surface area contributed by atoms with Crippen LogP contribution >= 0.6 is 0 Å². The summed E-state index contributed by atoms with van der Waals surface area (Å²) < 4.78 is 5.67. The van der Waals surface area contributed by atoms with Crippen molar-refractivity contribution < 1.29 is 19.7 Å². The highest BCUT2D eigenvalue weighted by molar-refractivity contribution is 6.20. The third kappa shape index (κ3) is 2.67. The highest BCUT2D eigenvalue weighted by atomic mass is 16.5. The normalized spacial score (nSPS) is 17.6. The van der Waals surface area contributed by atoms with Crippen LogP contribution in [0.15, 0.2) is 36.4 Å². The molecule has 2 aromatic carbocycles. The highest BCUT2D eigenvalue weighted by Crippen LogP contribution is 2.53. The maximum atomic E-state index is 13.5. The number of ether oxygens (including phenoxy) is 1. The van der Waals surface area contributed by atoms with Gasteiger partial charge in [-0.25, -0.2) is 0 Å². The van der Waals surface area contributed by atoms with Gasteiger partial charge in [0, 0.05) is 27.6 Å². The second kappa shape index (κ2) is 6.98. The molecule has 0 amide bonds. The number of aliphatic hydroxyl groups excluding tert-OH is 2. The molecule has 1 fully saturated rings. The molecule has 1 saturated carbocycles. The van der Waals surface area contributed by atoms with Crippen LogP contribution in [0.25, 0.3) is 10.9 Å². The third-order valence-corrected chi connectivity index (χ3v) is 6.49. The summed E-state index contributed by atoms with van der Waals surface area (Å²) in [4.78, 5) is 17.0. The van der Waals surface area contributed by atoms with E-state index in [0.717, 1.165) is 47.8 Å². The minimum Gasteiger partial charge on any atom is -0.491 e. The van der Waals surface area contributed by atoms with Gasteiger partial charge in [0.2, 0.25) is 0 Å². The van der Waals surface area contributed by atoms with Gasteiger partial charge in [0.05, 0.1) is 23.8 Å². The number of hydrogen-bond acceptors (Lipinski definition) is 5. The van der Waals surface area contributed by atoms with E-state index in [0.29, 0.717) is 22.4 Å². The van der Waals surface area contributed by atoms with Gasteiger partial charge in [-0.2, -0.15) is 5.26 Å². The Labute approximate surface area is 173 Å². The Bertz CT molecular complexity index is 1200. The summed E-state index contributed by atoms with van der Waals surface area (Å²) in [6.07, 6.45) is 3.06. The van der Waals surface area contributed by atoms with Gasteiger partial charge in [0.1, 0.15) is 18.5 Å². The zero-order valence-electron chi connectivity index (χ0n) is 16.4. The van der Waals surface area contributed by atoms with Crippen molar-refractivity contribution in [3.05, 3.63) is 64.3 Å². The SMILES string of the molecule is N#Cc1ccc2c3c([nH]c2c1)C1(CCCC1)c1cc(OCC(O)CO)ccc1C3=O. The molecule has 0 aliphatic heterocycles. The number of carbonyl (C=O) groups excluding carboxylic acids is 1. The molecule has 30 heavy (non-hydrogen) atoms. The first-order valence-electron chi connectivity index (χ1n) is 10.2. The van der Waals surface area contributed by atoms with Gasteiger partial charge in [-0.05, 0) is 48.7 Å². The molecule has 2 aliphatic carbocycles. The molecule has 0 bridgehead atoms. The van der Waals surface area contributed by atoms with Gasteiger partial charge in [-0.1, -0.05) is 18.9 Å². The van der Waals surface area contributed by atoms with E-state index < -0.39 is 6.10 Å². The summed E-state index contributed by atoms with van der Waals surface area (Å²) in [7, 11) is 0. The fourth-order valence-electron chi connectivity index (χ4n) is 5.08. The van der Waals surface area contributed by atoms with Gasteiger partial charge in [0.15, 0.2) is 5.78 Å². The molecular weight excluding hydrogens is 380 g/mol. The number of aliphatic hydroxyl groups is 2. The van der Waals surface area contributed by atoms with E-state index in [1.54, 1.807) is 18.2 Å². The number of nitrogens with zero attached hydrogens (tertiary/aromatic N) is 1. The molecule has 3 N–H and O–H groups in total. The molecule has 0 saturated heterocycles. The average Bonchev–Trinajstić information content (AvgIpc) is 3.41. The number of aromatic amines is 1. The van der Waals surface area contributed by atoms with Crippen LogP contribution in [0, 0.1) is 11.3 Å². The summed E-state index contributed by atoms with van der Waals surface area (Å²) >= 11 is 0. The quantitative estimate of drug-likeness (QED) is 0.621. The maximum Gasteiger partial charge on any atom is 0.195 e. The first-order valence-corrected chi connectivity index (χ1v) is 10.2. The Morgan fingerprint density at radius 2 is 2.00 bits per heavy atom. The number of nitriles is 1. The van der Waals surface area contributed by atoms with E-state index in [-0.39, 0.29) is 24.4 Å². The first-order chi connectivity index (χ1) is 14.6. The molecule has 2 aliphatic rings. The summed E-state index contributed by atoms with van der Waals surface area (Å²) in [5.74, 6) is 0.557. The lowest BCUT2D eigenvalue weighted by Gasteiger charge is -2.35. The fraction of sp³-hybridized carbons (Fsp3) is 0.333. The van der Waals surface area contributed by atoms with Gasteiger partial charge in [0.25, 0.3) is 0 Å². The molecule has 0 radical (unpaired) electrons. The number of fused-ring (bicyclic) bond motifs is 6. The predicted octanol–water partition coefficient (Wildman–Crippen LogP) is 3.18. The van der Waals surface area contributed by atoms with Crippen LogP contribution in [0.5, 0.6) is 5.75 Å². The summed E-state index contributed by atoms with van der Waals surface area (Å²) in [5.41, 5.74) is 4.38. The molecular formula is C24H22N2O4. The molecule has 6 nitrogen and oxygen atoms in total. The minimum atomic E-state index is -0.947. The van der Waals surface area contributed by atoms with Crippen LogP contribution in [0.4, 0.5) is 0 Å². The largest absolute Gasteiger partial charge is 0.491 e.